The van der Waals surface area contributed by atoms with Gasteiger partial charge in [0.15, 0.2) is 0 Å². The molecule has 0 aliphatic rings. The lowest BCUT2D eigenvalue weighted by atomic mass is 9.88. The zero-order valence-electron chi connectivity index (χ0n) is 11.1. The number of furan rings is 1. The van der Waals surface area contributed by atoms with Crippen molar-refractivity contribution in [2.45, 2.75) is 39.3 Å². The quantitative estimate of drug-likeness (QED) is 0.805. The van der Waals surface area contributed by atoms with E-state index in [2.05, 4.69) is 37.9 Å². The first-order chi connectivity index (χ1) is 7.57. The second-order valence-electron chi connectivity index (χ2n) is 4.60. The summed E-state index contributed by atoms with van der Waals surface area (Å²) in [5.41, 5.74) is 1.28. The molecule has 0 amide bonds. The van der Waals surface area contributed by atoms with Crippen LogP contribution in [0.2, 0.25) is 0 Å². The smallest absolute Gasteiger partial charge is 0.0951 e. The maximum atomic E-state index is 5.18. The van der Waals surface area contributed by atoms with E-state index in [4.69, 9.17) is 4.42 Å². The normalized spacial score (nSPS) is 14.4. The minimum Gasteiger partial charge on any atom is -0.472 e. The van der Waals surface area contributed by atoms with E-state index in [-0.39, 0.29) is 11.6 Å². The van der Waals surface area contributed by atoms with Gasteiger partial charge >= 0.3 is 0 Å². The third-order valence-electron chi connectivity index (χ3n) is 3.45. The molecule has 1 aromatic heterocycles. The summed E-state index contributed by atoms with van der Waals surface area (Å²) in [4.78, 5) is 2.46. The van der Waals surface area contributed by atoms with E-state index in [1.165, 1.54) is 5.56 Å². The van der Waals surface area contributed by atoms with Crippen LogP contribution in [-0.4, -0.2) is 30.6 Å². The lowest BCUT2D eigenvalue weighted by molar-refractivity contribution is 0.0942. The van der Waals surface area contributed by atoms with Crippen LogP contribution in [0.4, 0.5) is 0 Å². The lowest BCUT2D eigenvalue weighted by Gasteiger charge is -2.43. The summed E-state index contributed by atoms with van der Waals surface area (Å²) in [5, 5.41) is 3.39. The van der Waals surface area contributed by atoms with Gasteiger partial charge in [0.2, 0.25) is 0 Å². The van der Waals surface area contributed by atoms with Gasteiger partial charge in [0.25, 0.3) is 0 Å². The highest BCUT2D eigenvalue weighted by molar-refractivity contribution is 5.17. The Balaban J connectivity index is 2.94. The molecule has 0 aromatic carbocycles. The monoisotopic (exact) mass is 224 g/mol. The van der Waals surface area contributed by atoms with Gasteiger partial charge in [-0.05, 0) is 40.1 Å². The Kier molecular flexibility index (Phi) is 4.56. The molecule has 92 valence electrons. The van der Waals surface area contributed by atoms with Crippen LogP contribution < -0.4 is 5.32 Å². The van der Waals surface area contributed by atoms with E-state index in [9.17, 15) is 0 Å². The van der Waals surface area contributed by atoms with Crippen molar-refractivity contribution in [3.8, 4) is 0 Å². The summed E-state index contributed by atoms with van der Waals surface area (Å²) in [6.45, 7) is 11.1. The van der Waals surface area contributed by atoms with E-state index in [1.54, 1.807) is 6.26 Å². The van der Waals surface area contributed by atoms with Gasteiger partial charge in [-0.1, -0.05) is 13.8 Å². The summed E-state index contributed by atoms with van der Waals surface area (Å²) in [6.07, 6.45) is 3.56. The fourth-order valence-electron chi connectivity index (χ4n) is 2.59. The van der Waals surface area contributed by atoms with Crippen molar-refractivity contribution in [2.24, 2.45) is 0 Å². The van der Waals surface area contributed by atoms with Gasteiger partial charge in [-0.3, -0.25) is 4.90 Å². The first-order valence-electron chi connectivity index (χ1n) is 6.02. The number of nitrogens with one attached hydrogen (secondary N) is 1. The molecule has 0 aliphatic carbocycles. The van der Waals surface area contributed by atoms with Crippen molar-refractivity contribution in [1.82, 2.24) is 10.2 Å². The van der Waals surface area contributed by atoms with Gasteiger partial charge in [0, 0.05) is 11.1 Å². The first-order valence-corrected chi connectivity index (χ1v) is 6.02. The summed E-state index contributed by atoms with van der Waals surface area (Å²) in [6, 6.07) is 2.32. The van der Waals surface area contributed by atoms with Crippen molar-refractivity contribution >= 4 is 0 Å². The molecule has 3 nitrogen and oxygen atoms in total. The largest absolute Gasteiger partial charge is 0.472 e. The maximum absolute atomic E-state index is 5.18. The topological polar surface area (TPSA) is 28.4 Å². The number of hydrogen-bond donors (Lipinski definition) is 1. The van der Waals surface area contributed by atoms with Gasteiger partial charge < -0.3 is 9.73 Å². The van der Waals surface area contributed by atoms with Crippen molar-refractivity contribution in [3.63, 3.8) is 0 Å². The molecule has 0 saturated carbocycles. The molecule has 1 N–H and O–H groups in total. The Morgan fingerprint density at radius 3 is 2.38 bits per heavy atom. The van der Waals surface area contributed by atoms with Crippen molar-refractivity contribution in [1.29, 1.82) is 0 Å². The standard InChI is InChI=1S/C13H24N2O/c1-6-15(7-2)13(3,4)12(14-5)11-8-9-16-10-11/h8-10,12,14H,6-7H2,1-5H3. The fourth-order valence-corrected chi connectivity index (χ4v) is 2.59. The predicted octanol–water partition coefficient (Wildman–Crippen LogP) is 2.66. The molecule has 0 fully saturated rings. The molecule has 1 heterocycles. The highest BCUT2D eigenvalue weighted by Crippen LogP contribution is 2.30. The van der Waals surface area contributed by atoms with Gasteiger partial charge in [0.1, 0.15) is 0 Å². The Labute approximate surface area is 98.8 Å². The average molecular weight is 224 g/mol. The highest BCUT2D eigenvalue weighted by atomic mass is 16.3. The van der Waals surface area contributed by atoms with Crippen LogP contribution in [0.1, 0.15) is 39.3 Å². The Morgan fingerprint density at radius 1 is 1.38 bits per heavy atom. The second-order valence-corrected chi connectivity index (χ2v) is 4.60. The molecule has 16 heavy (non-hydrogen) atoms. The molecule has 3 heteroatoms. The number of hydrogen-bond acceptors (Lipinski definition) is 3. The Bertz CT molecular complexity index is 289. The van der Waals surface area contributed by atoms with E-state index in [0.717, 1.165) is 13.1 Å². The van der Waals surface area contributed by atoms with E-state index < -0.39 is 0 Å². The summed E-state index contributed by atoms with van der Waals surface area (Å²) in [7, 11) is 2.00. The minimum absolute atomic E-state index is 0.0716. The summed E-state index contributed by atoms with van der Waals surface area (Å²) < 4.78 is 5.18. The van der Waals surface area contributed by atoms with Crippen LogP contribution in [-0.2, 0) is 0 Å². The van der Waals surface area contributed by atoms with Crippen LogP contribution in [0.5, 0.6) is 0 Å². The third kappa shape index (κ3) is 2.47. The summed E-state index contributed by atoms with van der Waals surface area (Å²) in [5.74, 6) is 0. The number of rotatable bonds is 6. The van der Waals surface area contributed by atoms with Crippen molar-refractivity contribution in [2.75, 3.05) is 20.1 Å². The van der Waals surface area contributed by atoms with E-state index in [1.807, 2.05) is 19.4 Å². The molecule has 1 aromatic rings. The first kappa shape index (κ1) is 13.3. The lowest BCUT2D eigenvalue weighted by Crippen LogP contribution is -2.51. The number of likely N-dealkylation sites (N-methyl/N-ethyl adjacent to an activating group) is 2. The minimum atomic E-state index is 0.0716. The van der Waals surface area contributed by atoms with Gasteiger partial charge in [-0.2, -0.15) is 0 Å². The molecule has 0 spiro atoms. The second kappa shape index (κ2) is 5.51. The van der Waals surface area contributed by atoms with Crippen LogP contribution in [0, 0.1) is 0 Å². The van der Waals surface area contributed by atoms with Crippen LogP contribution >= 0.6 is 0 Å². The van der Waals surface area contributed by atoms with Crippen LogP contribution in [0.15, 0.2) is 23.0 Å². The third-order valence-corrected chi connectivity index (χ3v) is 3.45. The maximum Gasteiger partial charge on any atom is 0.0951 e. The SMILES string of the molecule is CCN(CC)C(C)(C)C(NC)c1ccoc1. The van der Waals surface area contributed by atoms with E-state index >= 15 is 0 Å². The van der Waals surface area contributed by atoms with Gasteiger partial charge in [0.05, 0.1) is 18.6 Å². The zero-order chi connectivity index (χ0) is 12.2. The van der Waals surface area contributed by atoms with Crippen molar-refractivity contribution < 1.29 is 4.42 Å². The summed E-state index contributed by atoms with van der Waals surface area (Å²) >= 11 is 0. The number of nitrogens with zero attached hydrogens (tertiary/aromatic N) is 1. The Morgan fingerprint density at radius 2 is 2.00 bits per heavy atom. The fraction of sp³-hybridized carbons (Fsp3) is 0.692. The molecule has 0 bridgehead atoms. The molecular formula is C13H24N2O. The highest BCUT2D eigenvalue weighted by Gasteiger charge is 2.34. The van der Waals surface area contributed by atoms with E-state index in [0.29, 0.717) is 0 Å². The molecule has 0 radical (unpaired) electrons. The van der Waals surface area contributed by atoms with Gasteiger partial charge in [-0.25, -0.2) is 0 Å². The molecule has 1 atom stereocenters. The molecule has 0 saturated heterocycles. The Hall–Kier alpha value is -0.800. The van der Waals surface area contributed by atoms with Crippen LogP contribution in [0.3, 0.4) is 0 Å². The molecular weight excluding hydrogens is 200 g/mol. The molecule has 0 aliphatic heterocycles. The zero-order valence-corrected chi connectivity index (χ0v) is 11.1. The molecule has 1 rings (SSSR count). The average Bonchev–Trinajstić information content (AvgIpc) is 2.73. The predicted molar refractivity (Wildman–Crippen MR) is 67.5 cm³/mol. The van der Waals surface area contributed by atoms with Crippen LogP contribution in [0.25, 0.3) is 0 Å². The van der Waals surface area contributed by atoms with Crippen molar-refractivity contribution in [3.05, 3.63) is 24.2 Å². The van der Waals surface area contributed by atoms with Gasteiger partial charge in [-0.15, -0.1) is 0 Å². The molecule has 1 unspecified atom stereocenters.